The van der Waals surface area contributed by atoms with Crippen LogP contribution in [0.25, 0.3) is 0 Å². The van der Waals surface area contributed by atoms with E-state index in [-0.39, 0.29) is 11.4 Å². The van der Waals surface area contributed by atoms with E-state index in [1.54, 1.807) is 7.11 Å². The minimum atomic E-state index is -0.258. The van der Waals surface area contributed by atoms with Crippen LogP contribution in [0.15, 0.2) is 24.3 Å². The number of aryl methyl sites for hydroxylation is 1. The van der Waals surface area contributed by atoms with Gasteiger partial charge in [0.2, 0.25) is 5.91 Å². The first-order valence-electron chi connectivity index (χ1n) is 7.00. The van der Waals surface area contributed by atoms with Crippen molar-refractivity contribution in [1.29, 1.82) is 0 Å². The summed E-state index contributed by atoms with van der Waals surface area (Å²) in [6, 6.07) is 8.27. The molecular formula is C16H26N2O2. The average molecular weight is 278 g/mol. The highest BCUT2D eigenvalue weighted by Gasteiger charge is 2.21. The largest absolute Gasteiger partial charge is 0.383 e. The van der Waals surface area contributed by atoms with E-state index in [4.69, 9.17) is 4.74 Å². The zero-order valence-electron chi connectivity index (χ0n) is 13.0. The van der Waals surface area contributed by atoms with Crippen molar-refractivity contribution in [3.63, 3.8) is 0 Å². The summed E-state index contributed by atoms with van der Waals surface area (Å²) in [5.74, 6) is 0.0136. The fourth-order valence-corrected chi connectivity index (χ4v) is 2.13. The van der Waals surface area contributed by atoms with Crippen LogP contribution in [0.1, 0.15) is 25.0 Å². The Morgan fingerprint density at radius 3 is 2.65 bits per heavy atom. The SMILES string of the molecule is COCCNCC(=O)NC(C)(C)Cc1ccccc1C. The van der Waals surface area contributed by atoms with Crippen LogP contribution in [0.5, 0.6) is 0 Å². The number of carbonyl (C=O) groups excluding carboxylic acids is 1. The molecule has 0 bridgehead atoms. The standard InChI is InChI=1S/C16H26N2O2/c1-13-7-5-6-8-14(13)11-16(2,3)18-15(19)12-17-9-10-20-4/h5-8,17H,9-12H2,1-4H3,(H,18,19). The van der Waals surface area contributed by atoms with Crippen LogP contribution in [0.2, 0.25) is 0 Å². The number of hydrogen-bond acceptors (Lipinski definition) is 3. The van der Waals surface area contributed by atoms with Gasteiger partial charge in [-0.25, -0.2) is 0 Å². The maximum Gasteiger partial charge on any atom is 0.234 e. The van der Waals surface area contributed by atoms with Crippen LogP contribution >= 0.6 is 0 Å². The van der Waals surface area contributed by atoms with E-state index in [2.05, 4.69) is 29.7 Å². The van der Waals surface area contributed by atoms with E-state index < -0.39 is 0 Å². The van der Waals surface area contributed by atoms with Gasteiger partial charge in [0.05, 0.1) is 13.2 Å². The second kappa shape index (κ2) is 8.02. The molecule has 0 heterocycles. The van der Waals surface area contributed by atoms with Gasteiger partial charge in [-0.2, -0.15) is 0 Å². The third-order valence-electron chi connectivity index (χ3n) is 3.14. The normalized spacial score (nSPS) is 11.4. The molecule has 4 nitrogen and oxygen atoms in total. The van der Waals surface area contributed by atoms with Gasteiger partial charge in [0.1, 0.15) is 0 Å². The number of methoxy groups -OCH3 is 1. The Balaban J connectivity index is 2.44. The van der Waals surface area contributed by atoms with Crippen LogP contribution in [-0.4, -0.2) is 38.3 Å². The molecule has 0 spiro atoms. The molecule has 1 aromatic rings. The maximum atomic E-state index is 11.9. The lowest BCUT2D eigenvalue weighted by Crippen LogP contribution is -2.48. The average Bonchev–Trinajstić information content (AvgIpc) is 2.36. The van der Waals surface area contributed by atoms with Gasteiger partial charge >= 0.3 is 0 Å². The molecule has 1 amide bonds. The van der Waals surface area contributed by atoms with E-state index >= 15 is 0 Å². The number of hydrogen-bond donors (Lipinski definition) is 2. The molecule has 0 aliphatic rings. The number of benzene rings is 1. The summed E-state index contributed by atoms with van der Waals surface area (Å²) in [5, 5.41) is 6.11. The van der Waals surface area contributed by atoms with E-state index in [1.165, 1.54) is 11.1 Å². The summed E-state index contributed by atoms with van der Waals surface area (Å²) >= 11 is 0. The van der Waals surface area contributed by atoms with Crippen LogP contribution in [0.3, 0.4) is 0 Å². The van der Waals surface area contributed by atoms with Crippen molar-refractivity contribution in [1.82, 2.24) is 10.6 Å². The number of nitrogens with one attached hydrogen (secondary N) is 2. The van der Waals surface area contributed by atoms with Gasteiger partial charge in [-0.15, -0.1) is 0 Å². The topological polar surface area (TPSA) is 50.4 Å². The number of rotatable bonds is 8. The molecule has 0 radical (unpaired) electrons. The van der Waals surface area contributed by atoms with Gasteiger partial charge in [-0.3, -0.25) is 4.79 Å². The molecular weight excluding hydrogens is 252 g/mol. The highest BCUT2D eigenvalue weighted by Crippen LogP contribution is 2.15. The first kappa shape index (κ1) is 16.7. The molecule has 0 atom stereocenters. The molecule has 0 aliphatic heterocycles. The Morgan fingerprint density at radius 1 is 1.30 bits per heavy atom. The van der Waals surface area contributed by atoms with Crippen molar-refractivity contribution in [3.8, 4) is 0 Å². The molecule has 20 heavy (non-hydrogen) atoms. The van der Waals surface area contributed by atoms with E-state index in [0.29, 0.717) is 19.7 Å². The number of carbonyl (C=O) groups is 1. The lowest BCUT2D eigenvalue weighted by molar-refractivity contribution is -0.121. The Bertz CT molecular complexity index is 430. The first-order valence-corrected chi connectivity index (χ1v) is 7.00. The van der Waals surface area contributed by atoms with Gasteiger partial charge in [0, 0.05) is 19.2 Å². The molecule has 2 N–H and O–H groups in total. The fraction of sp³-hybridized carbons (Fsp3) is 0.562. The van der Waals surface area contributed by atoms with Crippen molar-refractivity contribution in [2.45, 2.75) is 32.7 Å². The summed E-state index contributed by atoms with van der Waals surface area (Å²) < 4.78 is 4.92. The van der Waals surface area contributed by atoms with Gasteiger partial charge in [0.25, 0.3) is 0 Å². The van der Waals surface area contributed by atoms with E-state index in [0.717, 1.165) is 6.42 Å². The van der Waals surface area contributed by atoms with E-state index in [9.17, 15) is 4.79 Å². The van der Waals surface area contributed by atoms with Crippen LogP contribution in [-0.2, 0) is 16.0 Å². The highest BCUT2D eigenvalue weighted by atomic mass is 16.5. The lowest BCUT2D eigenvalue weighted by atomic mass is 9.92. The summed E-state index contributed by atoms with van der Waals surface area (Å²) in [5.41, 5.74) is 2.27. The lowest BCUT2D eigenvalue weighted by Gasteiger charge is -2.27. The van der Waals surface area contributed by atoms with Crippen molar-refractivity contribution in [2.24, 2.45) is 0 Å². The predicted octanol–water partition coefficient (Wildman–Crippen LogP) is 1.67. The molecule has 4 heteroatoms. The Hall–Kier alpha value is -1.39. The van der Waals surface area contributed by atoms with Crippen molar-refractivity contribution in [3.05, 3.63) is 35.4 Å². The van der Waals surface area contributed by atoms with E-state index in [1.807, 2.05) is 26.0 Å². The monoisotopic (exact) mass is 278 g/mol. The first-order chi connectivity index (χ1) is 9.44. The fourth-order valence-electron chi connectivity index (χ4n) is 2.13. The van der Waals surface area contributed by atoms with Gasteiger partial charge < -0.3 is 15.4 Å². The Morgan fingerprint density at radius 2 is 2.00 bits per heavy atom. The summed E-state index contributed by atoms with van der Waals surface area (Å²) in [4.78, 5) is 11.9. The molecule has 0 aliphatic carbocycles. The smallest absolute Gasteiger partial charge is 0.234 e. The second-order valence-corrected chi connectivity index (χ2v) is 5.70. The Kier molecular flexibility index (Phi) is 6.68. The third-order valence-corrected chi connectivity index (χ3v) is 3.14. The number of ether oxygens (including phenoxy) is 1. The quantitative estimate of drug-likeness (QED) is 0.711. The predicted molar refractivity (Wildman–Crippen MR) is 81.9 cm³/mol. The van der Waals surface area contributed by atoms with Gasteiger partial charge in [-0.05, 0) is 38.3 Å². The third kappa shape index (κ3) is 6.17. The molecule has 112 valence electrons. The van der Waals surface area contributed by atoms with Crippen LogP contribution in [0.4, 0.5) is 0 Å². The van der Waals surface area contributed by atoms with Crippen LogP contribution < -0.4 is 10.6 Å². The van der Waals surface area contributed by atoms with Crippen LogP contribution in [0, 0.1) is 6.92 Å². The summed E-state index contributed by atoms with van der Waals surface area (Å²) in [7, 11) is 1.65. The molecule has 1 aromatic carbocycles. The number of amides is 1. The summed E-state index contributed by atoms with van der Waals surface area (Å²) in [6.07, 6.45) is 0.823. The zero-order valence-corrected chi connectivity index (χ0v) is 13.0. The molecule has 1 rings (SSSR count). The Labute approximate surface area is 121 Å². The van der Waals surface area contributed by atoms with Crippen molar-refractivity contribution < 1.29 is 9.53 Å². The van der Waals surface area contributed by atoms with Gasteiger partial charge in [-0.1, -0.05) is 24.3 Å². The molecule has 0 unspecified atom stereocenters. The zero-order chi connectivity index (χ0) is 15.0. The highest BCUT2D eigenvalue weighted by molar-refractivity contribution is 5.78. The van der Waals surface area contributed by atoms with Crippen molar-refractivity contribution >= 4 is 5.91 Å². The minimum Gasteiger partial charge on any atom is -0.383 e. The maximum absolute atomic E-state index is 11.9. The summed E-state index contributed by atoms with van der Waals surface area (Å²) in [6.45, 7) is 7.81. The molecule has 0 fully saturated rings. The second-order valence-electron chi connectivity index (χ2n) is 5.70. The molecule has 0 aromatic heterocycles. The molecule has 0 saturated heterocycles. The minimum absolute atomic E-state index is 0.0136. The molecule has 0 saturated carbocycles. The van der Waals surface area contributed by atoms with Gasteiger partial charge in [0.15, 0.2) is 0 Å². The van der Waals surface area contributed by atoms with Crippen molar-refractivity contribution in [2.75, 3.05) is 26.8 Å².